The zero-order valence-electron chi connectivity index (χ0n) is 13.1. The van der Waals surface area contributed by atoms with Crippen LogP contribution >= 0.6 is 0 Å². The Kier molecular flexibility index (Phi) is 4.32. The van der Waals surface area contributed by atoms with Gasteiger partial charge < -0.3 is 10.4 Å². The Bertz CT molecular complexity index is 966. The predicted molar refractivity (Wildman–Crippen MR) is 90.7 cm³/mol. The summed E-state index contributed by atoms with van der Waals surface area (Å²) in [5, 5.41) is 34.5. The van der Waals surface area contributed by atoms with Gasteiger partial charge in [-0.15, -0.1) is 0 Å². The van der Waals surface area contributed by atoms with Crippen molar-refractivity contribution < 1.29 is 9.90 Å². The van der Waals surface area contributed by atoms with Gasteiger partial charge in [0.05, 0.1) is 35.4 Å². The summed E-state index contributed by atoms with van der Waals surface area (Å²) in [7, 11) is 0. The van der Waals surface area contributed by atoms with Crippen molar-refractivity contribution in [3.8, 4) is 29.0 Å². The minimum Gasteiger partial charge on any atom is -0.507 e. The molecule has 0 fully saturated rings. The van der Waals surface area contributed by atoms with Crippen LogP contribution in [0.15, 0.2) is 41.4 Å². The van der Waals surface area contributed by atoms with Gasteiger partial charge >= 0.3 is 0 Å². The third kappa shape index (κ3) is 2.99. The van der Waals surface area contributed by atoms with Gasteiger partial charge in [0.25, 0.3) is 5.91 Å². The Morgan fingerprint density at radius 2 is 1.92 bits per heavy atom. The van der Waals surface area contributed by atoms with Crippen LogP contribution < -0.4 is 10.6 Å². The Balaban J connectivity index is 2.20. The van der Waals surface area contributed by atoms with Crippen LogP contribution in [0.1, 0.15) is 21.5 Å². The second-order valence-corrected chi connectivity index (χ2v) is 5.26. The molecule has 0 saturated heterocycles. The molecule has 7 nitrogen and oxygen atoms in total. The van der Waals surface area contributed by atoms with Gasteiger partial charge in [-0.05, 0) is 18.2 Å². The molecule has 0 radical (unpaired) electrons. The average molecular weight is 331 g/mol. The van der Waals surface area contributed by atoms with Crippen LogP contribution in [0, 0.1) is 22.7 Å². The molecule has 7 heteroatoms. The number of hydrogen-bond acceptors (Lipinski definition) is 6. The fourth-order valence-corrected chi connectivity index (χ4v) is 2.64. The molecule has 1 aliphatic heterocycles. The van der Waals surface area contributed by atoms with Gasteiger partial charge in [0.15, 0.2) is 5.96 Å². The van der Waals surface area contributed by atoms with Crippen LogP contribution in [-0.4, -0.2) is 30.1 Å². The summed E-state index contributed by atoms with van der Waals surface area (Å²) < 4.78 is 0. The summed E-state index contributed by atoms with van der Waals surface area (Å²) in [5.74, 6) is -0.574. The minimum atomic E-state index is -0.606. The first-order chi connectivity index (χ1) is 12.2. The van der Waals surface area contributed by atoms with E-state index in [1.165, 1.54) is 12.1 Å². The number of aromatic hydroxyl groups is 1. The first kappa shape index (κ1) is 16.0. The highest BCUT2D eigenvalue weighted by atomic mass is 16.3. The number of benzene rings is 2. The number of carbonyl (C=O) groups excluding carboxylic acids is 1. The summed E-state index contributed by atoms with van der Waals surface area (Å²) in [5.41, 5.74) is 1.04. The first-order valence-electron chi connectivity index (χ1n) is 7.51. The van der Waals surface area contributed by atoms with Crippen molar-refractivity contribution in [2.24, 2.45) is 4.99 Å². The normalized spacial score (nSPS) is 12.5. The van der Waals surface area contributed by atoms with Crippen molar-refractivity contribution >= 4 is 11.9 Å². The lowest BCUT2D eigenvalue weighted by molar-refractivity contribution is 0.0974. The number of nitrogens with one attached hydrogen (secondary N) is 2. The van der Waals surface area contributed by atoms with Gasteiger partial charge in [0, 0.05) is 17.7 Å². The van der Waals surface area contributed by atoms with Crippen LogP contribution in [-0.2, 0) is 0 Å². The Hall–Kier alpha value is -3.84. The van der Waals surface area contributed by atoms with E-state index in [9.17, 15) is 20.4 Å². The van der Waals surface area contributed by atoms with Crippen molar-refractivity contribution in [1.29, 1.82) is 10.5 Å². The molecule has 122 valence electrons. The lowest BCUT2D eigenvalue weighted by atomic mass is 9.91. The highest BCUT2D eigenvalue weighted by molar-refractivity contribution is 6.12. The molecule has 0 bridgehead atoms. The molecule has 1 heterocycles. The van der Waals surface area contributed by atoms with E-state index in [2.05, 4.69) is 15.6 Å². The summed E-state index contributed by atoms with van der Waals surface area (Å²) in [6.07, 6.45) is 0. The van der Waals surface area contributed by atoms with E-state index in [0.29, 0.717) is 30.2 Å². The second kappa shape index (κ2) is 6.73. The van der Waals surface area contributed by atoms with Crippen LogP contribution in [0.3, 0.4) is 0 Å². The topological polar surface area (TPSA) is 121 Å². The van der Waals surface area contributed by atoms with Gasteiger partial charge in [0.2, 0.25) is 0 Å². The summed E-state index contributed by atoms with van der Waals surface area (Å²) in [6, 6.07) is 13.4. The number of nitriles is 2. The number of hydrogen-bond donors (Lipinski definition) is 3. The number of phenols is 1. The molecule has 0 aliphatic carbocycles. The third-order valence-electron chi connectivity index (χ3n) is 3.75. The molecule has 0 spiro atoms. The molecule has 1 aliphatic rings. The molecule has 2 aromatic rings. The van der Waals surface area contributed by atoms with E-state index >= 15 is 0 Å². The summed E-state index contributed by atoms with van der Waals surface area (Å²) in [6.45, 7) is 1.16. The number of phenolic OH excluding ortho intramolecular Hbond substituents is 1. The number of amides is 1. The van der Waals surface area contributed by atoms with Gasteiger partial charge in [-0.25, -0.2) is 0 Å². The van der Waals surface area contributed by atoms with Gasteiger partial charge in [-0.3, -0.25) is 15.1 Å². The SMILES string of the molecule is N#Cc1ccccc1-c1c(C#N)ccc(O)c1C(=O)NC1=NCCN1. The van der Waals surface area contributed by atoms with E-state index in [1.54, 1.807) is 24.3 Å². The fraction of sp³-hybridized carbons (Fsp3) is 0.111. The molecule has 0 unspecified atom stereocenters. The van der Waals surface area contributed by atoms with Crippen LogP contribution in [0.25, 0.3) is 11.1 Å². The van der Waals surface area contributed by atoms with E-state index in [0.717, 1.165) is 0 Å². The van der Waals surface area contributed by atoms with Crippen molar-refractivity contribution in [2.45, 2.75) is 0 Å². The Morgan fingerprint density at radius 3 is 2.60 bits per heavy atom. The third-order valence-corrected chi connectivity index (χ3v) is 3.75. The van der Waals surface area contributed by atoms with Crippen molar-refractivity contribution in [3.63, 3.8) is 0 Å². The van der Waals surface area contributed by atoms with E-state index in [4.69, 9.17) is 0 Å². The monoisotopic (exact) mass is 331 g/mol. The zero-order chi connectivity index (χ0) is 17.8. The largest absolute Gasteiger partial charge is 0.507 e. The highest BCUT2D eigenvalue weighted by Gasteiger charge is 2.24. The maximum atomic E-state index is 12.7. The van der Waals surface area contributed by atoms with E-state index < -0.39 is 5.91 Å². The number of rotatable bonds is 2. The van der Waals surface area contributed by atoms with Crippen LogP contribution in [0.5, 0.6) is 5.75 Å². The standard InChI is InChI=1S/C18H13N5O2/c19-9-11-3-1-2-4-13(11)15-12(10-20)5-6-14(24)16(15)17(25)23-18-21-7-8-22-18/h1-6,24H,7-8H2,(H2,21,22,23,25). The lowest BCUT2D eigenvalue weighted by Gasteiger charge is -2.14. The summed E-state index contributed by atoms with van der Waals surface area (Å²) >= 11 is 0. The Morgan fingerprint density at radius 1 is 1.16 bits per heavy atom. The number of nitrogens with zero attached hydrogens (tertiary/aromatic N) is 3. The maximum Gasteiger partial charge on any atom is 0.262 e. The number of carbonyl (C=O) groups is 1. The smallest absolute Gasteiger partial charge is 0.262 e. The Labute approximate surface area is 143 Å². The highest BCUT2D eigenvalue weighted by Crippen LogP contribution is 2.35. The maximum absolute atomic E-state index is 12.7. The average Bonchev–Trinajstić information content (AvgIpc) is 3.14. The van der Waals surface area contributed by atoms with Crippen LogP contribution in [0.4, 0.5) is 0 Å². The number of aliphatic imine (C=N–C) groups is 1. The molecular weight excluding hydrogens is 318 g/mol. The molecule has 0 atom stereocenters. The minimum absolute atomic E-state index is 0.0712. The second-order valence-electron chi connectivity index (χ2n) is 5.26. The van der Waals surface area contributed by atoms with E-state index in [-0.39, 0.29) is 22.4 Å². The predicted octanol–water partition coefficient (Wildman–Crippen LogP) is 1.49. The molecular formula is C18H13N5O2. The quantitative estimate of drug-likeness (QED) is 0.770. The van der Waals surface area contributed by atoms with Crippen molar-refractivity contribution in [1.82, 2.24) is 10.6 Å². The molecule has 2 aromatic carbocycles. The van der Waals surface area contributed by atoms with E-state index in [1.807, 2.05) is 12.1 Å². The molecule has 25 heavy (non-hydrogen) atoms. The molecule has 1 amide bonds. The van der Waals surface area contributed by atoms with Crippen LogP contribution in [0.2, 0.25) is 0 Å². The van der Waals surface area contributed by atoms with Gasteiger partial charge in [-0.2, -0.15) is 10.5 Å². The number of guanidine groups is 1. The first-order valence-corrected chi connectivity index (χ1v) is 7.51. The fourth-order valence-electron chi connectivity index (χ4n) is 2.64. The molecule has 0 saturated carbocycles. The molecule has 0 aromatic heterocycles. The van der Waals surface area contributed by atoms with Crippen molar-refractivity contribution in [3.05, 3.63) is 53.1 Å². The van der Waals surface area contributed by atoms with Gasteiger partial charge in [-0.1, -0.05) is 18.2 Å². The van der Waals surface area contributed by atoms with Gasteiger partial charge in [0.1, 0.15) is 5.75 Å². The summed E-state index contributed by atoms with van der Waals surface area (Å²) in [4.78, 5) is 16.8. The molecule has 3 rings (SSSR count). The molecule has 3 N–H and O–H groups in total. The zero-order valence-corrected chi connectivity index (χ0v) is 13.1. The van der Waals surface area contributed by atoms with Crippen molar-refractivity contribution in [2.75, 3.05) is 13.1 Å². The lowest BCUT2D eigenvalue weighted by Crippen LogP contribution is -2.38.